The third-order valence-electron chi connectivity index (χ3n) is 2.79. The molecule has 1 aliphatic carbocycles. The van der Waals surface area contributed by atoms with Crippen LogP contribution in [0.4, 0.5) is 10.3 Å². The molecule has 0 saturated heterocycles. The SMILES string of the molecule is CNc1ncc(F)c(OCCN(C)C2CC2)n1. The fraction of sp³-hybridized carbons (Fsp3) is 0.636. The highest BCUT2D eigenvalue weighted by Crippen LogP contribution is 2.24. The summed E-state index contributed by atoms with van der Waals surface area (Å²) in [4.78, 5) is 9.88. The highest BCUT2D eigenvalue weighted by Gasteiger charge is 2.25. The van der Waals surface area contributed by atoms with Gasteiger partial charge >= 0.3 is 0 Å². The quantitative estimate of drug-likeness (QED) is 0.807. The second-order valence-electron chi connectivity index (χ2n) is 4.16. The molecule has 1 aromatic heterocycles. The van der Waals surface area contributed by atoms with Crippen LogP contribution in [0.15, 0.2) is 6.20 Å². The van der Waals surface area contributed by atoms with Crippen LogP contribution in [0.25, 0.3) is 0 Å². The van der Waals surface area contributed by atoms with E-state index in [0.29, 0.717) is 18.6 Å². The summed E-state index contributed by atoms with van der Waals surface area (Å²) in [5, 5.41) is 2.74. The second kappa shape index (κ2) is 5.27. The van der Waals surface area contributed by atoms with Gasteiger partial charge in [-0.05, 0) is 19.9 Å². The van der Waals surface area contributed by atoms with Gasteiger partial charge in [0.25, 0.3) is 5.88 Å². The lowest BCUT2D eigenvalue weighted by molar-refractivity contribution is 0.219. The van der Waals surface area contributed by atoms with Gasteiger partial charge < -0.3 is 15.0 Å². The summed E-state index contributed by atoms with van der Waals surface area (Å²) in [6.07, 6.45) is 3.61. The van der Waals surface area contributed by atoms with Crippen LogP contribution in [-0.4, -0.2) is 48.2 Å². The number of aromatic nitrogens is 2. The van der Waals surface area contributed by atoms with E-state index in [0.717, 1.165) is 12.7 Å². The Hall–Kier alpha value is -1.43. The molecule has 0 bridgehead atoms. The van der Waals surface area contributed by atoms with Gasteiger partial charge in [-0.2, -0.15) is 9.37 Å². The van der Waals surface area contributed by atoms with Crippen LogP contribution in [0.1, 0.15) is 12.8 Å². The number of nitrogens with zero attached hydrogens (tertiary/aromatic N) is 3. The van der Waals surface area contributed by atoms with Crippen LogP contribution in [0.2, 0.25) is 0 Å². The van der Waals surface area contributed by atoms with Crippen LogP contribution in [0, 0.1) is 5.82 Å². The van der Waals surface area contributed by atoms with Crippen molar-refractivity contribution in [2.45, 2.75) is 18.9 Å². The highest BCUT2D eigenvalue weighted by molar-refractivity contribution is 5.27. The van der Waals surface area contributed by atoms with E-state index in [1.165, 1.54) is 12.8 Å². The first kappa shape index (κ1) is 12.0. The van der Waals surface area contributed by atoms with Crippen LogP contribution >= 0.6 is 0 Å². The first-order chi connectivity index (χ1) is 8.20. The van der Waals surface area contributed by atoms with Gasteiger partial charge in [0.2, 0.25) is 11.8 Å². The number of hydrogen-bond acceptors (Lipinski definition) is 5. The zero-order valence-corrected chi connectivity index (χ0v) is 10.1. The lowest BCUT2D eigenvalue weighted by atomic mass is 10.5. The van der Waals surface area contributed by atoms with Crippen molar-refractivity contribution in [1.29, 1.82) is 0 Å². The van der Waals surface area contributed by atoms with Gasteiger partial charge in [-0.1, -0.05) is 0 Å². The van der Waals surface area contributed by atoms with E-state index in [1.54, 1.807) is 7.05 Å². The Morgan fingerprint density at radius 3 is 3.00 bits per heavy atom. The summed E-state index contributed by atoms with van der Waals surface area (Å²) < 4.78 is 18.6. The third-order valence-corrected chi connectivity index (χ3v) is 2.79. The minimum absolute atomic E-state index is 0.00791. The minimum atomic E-state index is -0.530. The average molecular weight is 240 g/mol. The first-order valence-electron chi connectivity index (χ1n) is 5.74. The fourth-order valence-electron chi connectivity index (χ4n) is 1.56. The van der Waals surface area contributed by atoms with Gasteiger partial charge in [0.1, 0.15) is 6.61 Å². The van der Waals surface area contributed by atoms with Crippen molar-refractivity contribution >= 4 is 5.95 Å². The lowest BCUT2D eigenvalue weighted by Gasteiger charge is -2.15. The van der Waals surface area contributed by atoms with Gasteiger partial charge in [-0.25, -0.2) is 4.98 Å². The van der Waals surface area contributed by atoms with Gasteiger partial charge in [-0.15, -0.1) is 0 Å². The molecule has 0 radical (unpaired) electrons. The molecular formula is C11H17FN4O. The molecule has 5 nitrogen and oxygen atoms in total. The summed E-state index contributed by atoms with van der Waals surface area (Å²) in [5.74, 6) is -0.163. The molecule has 1 heterocycles. The van der Waals surface area contributed by atoms with Crippen molar-refractivity contribution in [2.24, 2.45) is 0 Å². The molecule has 17 heavy (non-hydrogen) atoms. The van der Waals surface area contributed by atoms with Crippen molar-refractivity contribution in [2.75, 3.05) is 32.6 Å². The Balaban J connectivity index is 1.84. The molecule has 1 aromatic rings. The van der Waals surface area contributed by atoms with Crippen molar-refractivity contribution in [1.82, 2.24) is 14.9 Å². The molecule has 1 N–H and O–H groups in total. The van der Waals surface area contributed by atoms with E-state index < -0.39 is 5.82 Å². The molecule has 2 rings (SSSR count). The summed E-state index contributed by atoms with van der Waals surface area (Å²) in [6.45, 7) is 1.22. The van der Waals surface area contributed by atoms with Gasteiger partial charge in [-0.3, -0.25) is 0 Å². The Labute approximate surface area is 100 Å². The van der Waals surface area contributed by atoms with Crippen LogP contribution < -0.4 is 10.1 Å². The second-order valence-corrected chi connectivity index (χ2v) is 4.16. The minimum Gasteiger partial charge on any atom is -0.474 e. The molecule has 0 atom stereocenters. The number of likely N-dealkylation sites (N-methyl/N-ethyl adjacent to an activating group) is 1. The van der Waals surface area contributed by atoms with Gasteiger partial charge in [0.15, 0.2) is 0 Å². The topological polar surface area (TPSA) is 50.3 Å². The van der Waals surface area contributed by atoms with E-state index >= 15 is 0 Å². The van der Waals surface area contributed by atoms with Crippen LogP contribution in [0.5, 0.6) is 5.88 Å². The molecule has 6 heteroatoms. The van der Waals surface area contributed by atoms with Gasteiger partial charge in [0, 0.05) is 19.6 Å². The third kappa shape index (κ3) is 3.26. The largest absolute Gasteiger partial charge is 0.474 e. The average Bonchev–Trinajstić information content (AvgIpc) is 3.15. The summed E-state index contributed by atoms with van der Waals surface area (Å²) in [5.41, 5.74) is 0. The van der Waals surface area contributed by atoms with Crippen molar-refractivity contribution < 1.29 is 9.13 Å². The van der Waals surface area contributed by atoms with Gasteiger partial charge in [0.05, 0.1) is 6.20 Å². The molecule has 94 valence electrons. The highest BCUT2D eigenvalue weighted by atomic mass is 19.1. The normalized spacial score (nSPS) is 15.1. The zero-order chi connectivity index (χ0) is 12.3. The van der Waals surface area contributed by atoms with E-state index in [4.69, 9.17) is 4.74 Å². The maximum absolute atomic E-state index is 13.3. The molecule has 0 unspecified atom stereocenters. The summed E-state index contributed by atoms with van der Waals surface area (Å²) in [6, 6.07) is 0.682. The number of anilines is 1. The predicted octanol–water partition coefficient (Wildman–Crippen LogP) is 1.13. The molecule has 1 aliphatic rings. The fourth-order valence-corrected chi connectivity index (χ4v) is 1.56. The Kier molecular flexibility index (Phi) is 3.73. The maximum atomic E-state index is 13.3. The van der Waals surface area contributed by atoms with Crippen molar-refractivity contribution in [3.05, 3.63) is 12.0 Å². The van der Waals surface area contributed by atoms with E-state index in [2.05, 4.69) is 27.2 Å². The monoisotopic (exact) mass is 240 g/mol. The van der Waals surface area contributed by atoms with E-state index in [1.807, 2.05) is 0 Å². The summed E-state index contributed by atoms with van der Waals surface area (Å²) in [7, 11) is 3.73. The molecule has 1 saturated carbocycles. The van der Waals surface area contributed by atoms with Crippen LogP contribution in [-0.2, 0) is 0 Å². The molecular weight excluding hydrogens is 223 g/mol. The summed E-state index contributed by atoms with van der Waals surface area (Å²) >= 11 is 0. The molecule has 0 aliphatic heterocycles. The Morgan fingerprint density at radius 2 is 2.35 bits per heavy atom. The Morgan fingerprint density at radius 1 is 1.59 bits per heavy atom. The molecule has 0 amide bonds. The number of rotatable bonds is 6. The first-order valence-corrected chi connectivity index (χ1v) is 5.74. The standard InChI is InChI=1S/C11H17FN4O/c1-13-11-14-7-9(12)10(15-11)17-6-5-16(2)8-3-4-8/h7-8H,3-6H2,1-2H3,(H,13,14,15). The van der Waals surface area contributed by atoms with E-state index in [-0.39, 0.29) is 5.88 Å². The van der Waals surface area contributed by atoms with E-state index in [9.17, 15) is 4.39 Å². The zero-order valence-electron chi connectivity index (χ0n) is 10.1. The lowest BCUT2D eigenvalue weighted by Crippen LogP contribution is -2.26. The number of hydrogen-bond donors (Lipinski definition) is 1. The molecule has 0 aromatic carbocycles. The molecule has 1 fully saturated rings. The maximum Gasteiger partial charge on any atom is 0.255 e. The number of nitrogens with one attached hydrogen (secondary N) is 1. The smallest absolute Gasteiger partial charge is 0.255 e. The van der Waals surface area contributed by atoms with Crippen molar-refractivity contribution in [3.63, 3.8) is 0 Å². The molecule has 0 spiro atoms. The number of ether oxygens (including phenoxy) is 1. The predicted molar refractivity (Wildman–Crippen MR) is 62.7 cm³/mol. The van der Waals surface area contributed by atoms with Crippen molar-refractivity contribution in [3.8, 4) is 5.88 Å². The van der Waals surface area contributed by atoms with Crippen LogP contribution in [0.3, 0.4) is 0 Å². The Bertz CT molecular complexity index is 384. The number of halogens is 1.